The minimum atomic E-state index is -1.08. The minimum Gasteiger partial charge on any atom is -0.480 e. The maximum atomic E-state index is 13.6. The van der Waals surface area contributed by atoms with Crippen molar-refractivity contribution in [2.75, 3.05) is 18.1 Å². The molecule has 176 valence electrons. The van der Waals surface area contributed by atoms with Gasteiger partial charge in [0.05, 0.1) is 12.6 Å². The first-order chi connectivity index (χ1) is 16.0. The lowest BCUT2D eigenvalue weighted by atomic mass is 10.0. The number of ether oxygens (including phenoxy) is 1. The third kappa shape index (κ3) is 6.89. The molecular weight excluding hydrogens is 420 g/mol. The molecule has 1 amide bonds. The van der Waals surface area contributed by atoms with Crippen molar-refractivity contribution >= 4 is 23.5 Å². The topological polar surface area (TPSA) is 95.9 Å². The van der Waals surface area contributed by atoms with Crippen LogP contribution in [0.3, 0.4) is 0 Å². The quantitative estimate of drug-likeness (QED) is 0.567. The molecule has 0 radical (unpaired) electrons. The number of fused-ring (bicyclic) bond motifs is 1. The zero-order valence-electron chi connectivity index (χ0n) is 19.0. The van der Waals surface area contributed by atoms with Gasteiger partial charge in [-0.2, -0.15) is 0 Å². The number of carbonyl (C=O) groups excluding carboxylic acids is 2. The first-order valence-corrected chi connectivity index (χ1v) is 11.6. The molecule has 2 atom stereocenters. The largest absolute Gasteiger partial charge is 0.480 e. The van der Waals surface area contributed by atoms with Crippen molar-refractivity contribution < 1.29 is 24.2 Å². The van der Waals surface area contributed by atoms with Gasteiger partial charge in [-0.15, -0.1) is 0 Å². The standard InChI is InChI=1S/C26H32N2O5/c1-2-33-26(32)22(17-16-19-10-4-3-5-11-19)27-21-14-8-6-12-20-13-7-9-15-23(20)28(25(21)31)18-24(29)30/h3-5,7,9-11,13,15,21-22,27H,2,6,8,12,14,16-18H2,1H3,(H,29,30)/t21-,22-/m0/s1. The van der Waals surface area contributed by atoms with Gasteiger partial charge in [0.15, 0.2) is 0 Å². The van der Waals surface area contributed by atoms with Crippen LogP contribution in [-0.4, -0.2) is 48.2 Å². The van der Waals surface area contributed by atoms with E-state index in [-0.39, 0.29) is 12.5 Å². The molecule has 1 heterocycles. The fourth-order valence-electron chi connectivity index (χ4n) is 4.24. The van der Waals surface area contributed by atoms with E-state index in [0.29, 0.717) is 24.9 Å². The summed E-state index contributed by atoms with van der Waals surface area (Å²) in [7, 11) is 0. The molecule has 3 rings (SSSR count). The first kappa shape index (κ1) is 24.5. The van der Waals surface area contributed by atoms with Crippen LogP contribution in [0.2, 0.25) is 0 Å². The number of para-hydroxylation sites is 1. The molecule has 1 aliphatic rings. The number of nitrogens with one attached hydrogen (secondary N) is 1. The number of rotatable bonds is 9. The smallest absolute Gasteiger partial charge is 0.323 e. The van der Waals surface area contributed by atoms with Gasteiger partial charge in [-0.1, -0.05) is 55.0 Å². The zero-order chi connectivity index (χ0) is 23.6. The van der Waals surface area contributed by atoms with Gasteiger partial charge in [-0.25, -0.2) is 0 Å². The first-order valence-electron chi connectivity index (χ1n) is 11.6. The highest BCUT2D eigenvalue weighted by Crippen LogP contribution is 2.26. The van der Waals surface area contributed by atoms with Crippen LogP contribution in [0.1, 0.15) is 43.7 Å². The van der Waals surface area contributed by atoms with E-state index in [1.54, 1.807) is 13.0 Å². The van der Waals surface area contributed by atoms with Crippen molar-refractivity contribution in [2.24, 2.45) is 0 Å². The Labute approximate surface area is 194 Å². The van der Waals surface area contributed by atoms with E-state index in [9.17, 15) is 19.5 Å². The number of benzene rings is 2. The third-order valence-electron chi connectivity index (χ3n) is 5.87. The molecule has 2 aromatic rings. The molecule has 7 heteroatoms. The van der Waals surface area contributed by atoms with Gasteiger partial charge < -0.3 is 9.84 Å². The van der Waals surface area contributed by atoms with Crippen molar-refractivity contribution in [2.45, 2.75) is 57.5 Å². The second-order valence-corrected chi connectivity index (χ2v) is 8.24. The molecule has 0 fully saturated rings. The van der Waals surface area contributed by atoms with E-state index in [2.05, 4.69) is 5.32 Å². The van der Waals surface area contributed by atoms with Crippen LogP contribution >= 0.6 is 0 Å². The Morgan fingerprint density at radius 3 is 2.58 bits per heavy atom. The van der Waals surface area contributed by atoms with Gasteiger partial charge in [0.2, 0.25) is 5.91 Å². The molecule has 7 nitrogen and oxygen atoms in total. The summed E-state index contributed by atoms with van der Waals surface area (Å²) in [6.45, 7) is 1.57. The average molecular weight is 453 g/mol. The highest BCUT2D eigenvalue weighted by molar-refractivity contribution is 6.01. The average Bonchev–Trinajstić information content (AvgIpc) is 2.87. The molecule has 0 aliphatic carbocycles. The Bertz CT molecular complexity index is 947. The van der Waals surface area contributed by atoms with Gasteiger partial charge in [-0.3, -0.25) is 24.6 Å². The maximum Gasteiger partial charge on any atom is 0.323 e. The number of anilines is 1. The molecule has 0 saturated heterocycles. The number of aryl methyl sites for hydroxylation is 2. The van der Waals surface area contributed by atoms with E-state index in [1.165, 1.54) is 4.90 Å². The normalized spacial score (nSPS) is 17.3. The number of carboxylic acid groups (broad SMARTS) is 1. The van der Waals surface area contributed by atoms with Gasteiger partial charge >= 0.3 is 11.9 Å². The summed E-state index contributed by atoms with van der Waals surface area (Å²) in [4.78, 5) is 39.2. The van der Waals surface area contributed by atoms with Crippen LogP contribution in [0.25, 0.3) is 0 Å². The lowest BCUT2D eigenvalue weighted by Gasteiger charge is -2.29. The molecule has 0 bridgehead atoms. The lowest BCUT2D eigenvalue weighted by Crippen LogP contribution is -2.53. The Hall–Kier alpha value is -3.19. The van der Waals surface area contributed by atoms with E-state index >= 15 is 0 Å². The van der Waals surface area contributed by atoms with E-state index < -0.39 is 30.6 Å². The van der Waals surface area contributed by atoms with Crippen molar-refractivity contribution in [1.82, 2.24) is 5.32 Å². The summed E-state index contributed by atoms with van der Waals surface area (Å²) < 4.78 is 5.28. The summed E-state index contributed by atoms with van der Waals surface area (Å²) in [6, 6.07) is 15.9. The second-order valence-electron chi connectivity index (χ2n) is 8.24. The van der Waals surface area contributed by atoms with Gasteiger partial charge in [0, 0.05) is 5.69 Å². The number of hydrogen-bond donors (Lipinski definition) is 2. The third-order valence-corrected chi connectivity index (χ3v) is 5.87. The van der Waals surface area contributed by atoms with Gasteiger partial charge in [-0.05, 0) is 56.2 Å². The zero-order valence-corrected chi connectivity index (χ0v) is 19.0. The molecular formula is C26H32N2O5. The number of nitrogens with zero attached hydrogens (tertiary/aromatic N) is 1. The summed E-state index contributed by atoms with van der Waals surface area (Å²) in [5, 5.41) is 12.7. The minimum absolute atomic E-state index is 0.249. The number of carboxylic acids is 1. The van der Waals surface area contributed by atoms with Crippen LogP contribution in [0, 0.1) is 0 Å². The van der Waals surface area contributed by atoms with Gasteiger partial charge in [0.25, 0.3) is 0 Å². The molecule has 0 saturated carbocycles. The highest BCUT2D eigenvalue weighted by atomic mass is 16.5. The highest BCUT2D eigenvalue weighted by Gasteiger charge is 2.32. The fraction of sp³-hybridized carbons (Fsp3) is 0.423. The lowest BCUT2D eigenvalue weighted by molar-refractivity contribution is -0.146. The molecule has 2 N–H and O–H groups in total. The van der Waals surface area contributed by atoms with Crippen LogP contribution < -0.4 is 10.2 Å². The number of aliphatic carboxylic acids is 1. The second kappa shape index (κ2) is 12.2. The Morgan fingerprint density at radius 1 is 1.12 bits per heavy atom. The molecule has 33 heavy (non-hydrogen) atoms. The number of esters is 1. The van der Waals surface area contributed by atoms with Crippen LogP contribution in [0.5, 0.6) is 0 Å². The maximum absolute atomic E-state index is 13.6. The predicted molar refractivity (Wildman–Crippen MR) is 126 cm³/mol. The number of amides is 1. The molecule has 0 spiro atoms. The Balaban J connectivity index is 1.84. The molecule has 1 aliphatic heterocycles. The van der Waals surface area contributed by atoms with Crippen molar-refractivity contribution in [3.63, 3.8) is 0 Å². The van der Waals surface area contributed by atoms with Gasteiger partial charge in [0.1, 0.15) is 12.6 Å². The summed E-state index contributed by atoms with van der Waals surface area (Å²) in [5.74, 6) is -1.81. The molecule has 2 aromatic carbocycles. The monoisotopic (exact) mass is 452 g/mol. The van der Waals surface area contributed by atoms with Crippen molar-refractivity contribution in [3.8, 4) is 0 Å². The van der Waals surface area contributed by atoms with E-state index in [1.807, 2.05) is 48.5 Å². The Morgan fingerprint density at radius 2 is 1.85 bits per heavy atom. The van der Waals surface area contributed by atoms with Crippen molar-refractivity contribution in [1.29, 1.82) is 0 Å². The Kier molecular flexibility index (Phi) is 9.01. The van der Waals surface area contributed by atoms with Crippen LogP contribution in [0.4, 0.5) is 5.69 Å². The summed E-state index contributed by atoms with van der Waals surface area (Å²) in [6.07, 6.45) is 4.07. The fourth-order valence-corrected chi connectivity index (χ4v) is 4.24. The predicted octanol–water partition coefficient (Wildman–Crippen LogP) is 3.35. The van der Waals surface area contributed by atoms with Crippen LogP contribution in [0.15, 0.2) is 54.6 Å². The number of hydrogen-bond acceptors (Lipinski definition) is 5. The number of carbonyl (C=O) groups is 3. The van der Waals surface area contributed by atoms with Crippen LogP contribution in [-0.2, 0) is 32.0 Å². The van der Waals surface area contributed by atoms with E-state index in [4.69, 9.17) is 4.74 Å². The SMILES string of the molecule is CCOC(=O)[C@H](CCc1ccccc1)N[C@H]1CCCCc2ccccc2N(CC(=O)O)C1=O. The molecule has 0 aromatic heterocycles. The summed E-state index contributed by atoms with van der Waals surface area (Å²) >= 11 is 0. The summed E-state index contributed by atoms with van der Waals surface area (Å²) in [5.41, 5.74) is 2.67. The molecule has 0 unspecified atom stereocenters. The van der Waals surface area contributed by atoms with Crippen molar-refractivity contribution in [3.05, 3.63) is 65.7 Å². The van der Waals surface area contributed by atoms with E-state index in [0.717, 1.165) is 30.4 Å².